The van der Waals surface area contributed by atoms with Gasteiger partial charge < -0.3 is 10.0 Å². The molecule has 2 aromatic rings. The van der Waals surface area contributed by atoms with Gasteiger partial charge in [0.25, 0.3) is 0 Å². The zero-order valence-electron chi connectivity index (χ0n) is 12.5. The highest BCUT2D eigenvalue weighted by Gasteiger charge is 2.43. The average molecular weight is 320 g/mol. The molecule has 1 heterocycles. The summed E-state index contributed by atoms with van der Waals surface area (Å²) in [6.45, 7) is 1.38. The van der Waals surface area contributed by atoms with Gasteiger partial charge in [0.05, 0.1) is 5.60 Å². The minimum atomic E-state index is -1.08. The fraction of sp³-hybridized carbons (Fsp3) is 0.333. The Balaban J connectivity index is 2.07. The van der Waals surface area contributed by atoms with Crippen molar-refractivity contribution in [1.82, 2.24) is 4.90 Å². The first kappa shape index (κ1) is 15.5. The smallest absolute Gasteiger partial charge is 0.126 e. The fourth-order valence-corrected chi connectivity index (χ4v) is 3.41. The largest absolute Gasteiger partial charge is 0.384 e. The van der Waals surface area contributed by atoms with Crippen molar-refractivity contribution < 1.29 is 9.50 Å². The Hall–Kier alpha value is -1.42. The summed E-state index contributed by atoms with van der Waals surface area (Å²) in [6, 6.07) is 13.9. The minimum Gasteiger partial charge on any atom is -0.384 e. The Morgan fingerprint density at radius 1 is 1.18 bits per heavy atom. The van der Waals surface area contributed by atoms with Crippen LogP contribution in [0.15, 0.2) is 48.5 Å². The van der Waals surface area contributed by atoms with E-state index in [1.807, 2.05) is 25.2 Å². The molecule has 1 fully saturated rings. The number of hydrogen-bond acceptors (Lipinski definition) is 2. The summed E-state index contributed by atoms with van der Waals surface area (Å²) in [5.74, 6) is -0.580. The van der Waals surface area contributed by atoms with Crippen LogP contribution in [0.3, 0.4) is 0 Å². The molecule has 22 heavy (non-hydrogen) atoms. The van der Waals surface area contributed by atoms with Crippen LogP contribution in [0.1, 0.15) is 23.5 Å². The summed E-state index contributed by atoms with van der Waals surface area (Å²) in [4.78, 5) is 2.13. The highest BCUT2D eigenvalue weighted by atomic mass is 35.5. The first-order chi connectivity index (χ1) is 10.5. The number of nitrogens with zero attached hydrogens (tertiary/aromatic N) is 1. The van der Waals surface area contributed by atoms with Gasteiger partial charge in [0.1, 0.15) is 5.82 Å². The number of halogens is 2. The molecule has 0 amide bonds. The number of aliphatic hydroxyl groups is 1. The van der Waals surface area contributed by atoms with Gasteiger partial charge in [-0.25, -0.2) is 4.39 Å². The van der Waals surface area contributed by atoms with Crippen molar-refractivity contribution in [3.05, 3.63) is 70.5 Å². The number of likely N-dealkylation sites (N-methyl/N-ethyl adjacent to an activating group) is 1. The van der Waals surface area contributed by atoms with E-state index in [1.165, 1.54) is 6.07 Å². The number of hydrogen-bond donors (Lipinski definition) is 1. The molecule has 4 heteroatoms. The molecule has 0 spiro atoms. The summed E-state index contributed by atoms with van der Waals surface area (Å²) in [5.41, 5.74) is 0.268. The lowest BCUT2D eigenvalue weighted by molar-refractivity contribution is -0.0428. The van der Waals surface area contributed by atoms with Gasteiger partial charge in [0.2, 0.25) is 0 Å². The molecule has 0 aromatic heterocycles. The number of piperidine rings is 1. The van der Waals surface area contributed by atoms with Crippen LogP contribution in [-0.4, -0.2) is 30.1 Å². The van der Waals surface area contributed by atoms with E-state index < -0.39 is 5.60 Å². The van der Waals surface area contributed by atoms with E-state index in [2.05, 4.69) is 4.90 Å². The molecule has 0 unspecified atom stereocenters. The highest BCUT2D eigenvalue weighted by Crippen LogP contribution is 2.43. The molecule has 0 radical (unpaired) electrons. The third kappa shape index (κ3) is 2.76. The summed E-state index contributed by atoms with van der Waals surface area (Å²) >= 11 is 5.95. The van der Waals surface area contributed by atoms with Gasteiger partial charge in [-0.15, -0.1) is 0 Å². The summed E-state index contributed by atoms with van der Waals surface area (Å²) in [5, 5.41) is 12.0. The van der Waals surface area contributed by atoms with E-state index in [0.717, 1.165) is 12.1 Å². The number of rotatable bonds is 2. The van der Waals surface area contributed by atoms with Gasteiger partial charge >= 0.3 is 0 Å². The van der Waals surface area contributed by atoms with Crippen molar-refractivity contribution in [2.45, 2.75) is 17.9 Å². The molecule has 1 saturated heterocycles. The predicted octanol–water partition coefficient (Wildman–Crippen LogP) is 3.79. The van der Waals surface area contributed by atoms with E-state index in [9.17, 15) is 9.50 Å². The summed E-state index contributed by atoms with van der Waals surface area (Å²) in [6.07, 6.45) is 0.560. The molecular weight excluding hydrogens is 301 g/mol. The lowest BCUT2D eigenvalue weighted by Crippen LogP contribution is -2.47. The van der Waals surface area contributed by atoms with Gasteiger partial charge in [-0.05, 0) is 42.8 Å². The summed E-state index contributed by atoms with van der Waals surface area (Å²) in [7, 11) is 2.00. The molecule has 0 aliphatic carbocycles. The second kappa shape index (κ2) is 5.99. The third-order valence-electron chi connectivity index (χ3n) is 4.57. The number of benzene rings is 2. The van der Waals surface area contributed by atoms with Crippen LogP contribution in [-0.2, 0) is 5.60 Å². The van der Waals surface area contributed by atoms with E-state index in [0.29, 0.717) is 23.6 Å². The molecule has 1 N–H and O–H groups in total. The molecule has 2 atom stereocenters. The monoisotopic (exact) mass is 319 g/mol. The summed E-state index contributed by atoms with van der Waals surface area (Å²) < 4.78 is 14.3. The van der Waals surface area contributed by atoms with Crippen molar-refractivity contribution in [2.75, 3.05) is 20.1 Å². The van der Waals surface area contributed by atoms with Gasteiger partial charge in [-0.2, -0.15) is 0 Å². The third-order valence-corrected chi connectivity index (χ3v) is 4.82. The molecule has 2 nitrogen and oxygen atoms in total. The Bertz CT molecular complexity index is 660. The Kier molecular flexibility index (Phi) is 4.22. The van der Waals surface area contributed by atoms with Gasteiger partial charge in [-0.1, -0.05) is 41.9 Å². The SMILES string of the molecule is CN1CC[C@](O)(c2ccc(Cl)cc2)[C@@H](c2ccccc2F)C1. The Labute approximate surface area is 135 Å². The molecule has 0 saturated carbocycles. The van der Waals surface area contributed by atoms with Crippen molar-refractivity contribution in [3.63, 3.8) is 0 Å². The Morgan fingerprint density at radius 2 is 1.86 bits per heavy atom. The van der Waals surface area contributed by atoms with Crippen LogP contribution in [0.25, 0.3) is 0 Å². The fourth-order valence-electron chi connectivity index (χ4n) is 3.29. The molecule has 116 valence electrons. The van der Waals surface area contributed by atoms with Crippen LogP contribution < -0.4 is 0 Å². The first-order valence-electron chi connectivity index (χ1n) is 7.42. The highest BCUT2D eigenvalue weighted by molar-refractivity contribution is 6.30. The zero-order valence-corrected chi connectivity index (χ0v) is 13.2. The van der Waals surface area contributed by atoms with Gasteiger partial charge in [0.15, 0.2) is 0 Å². The van der Waals surface area contributed by atoms with E-state index >= 15 is 0 Å². The average Bonchev–Trinajstić information content (AvgIpc) is 2.51. The Morgan fingerprint density at radius 3 is 2.55 bits per heavy atom. The van der Waals surface area contributed by atoms with Gasteiger partial charge in [-0.3, -0.25) is 0 Å². The second-order valence-electron chi connectivity index (χ2n) is 6.02. The lowest BCUT2D eigenvalue weighted by atomic mass is 9.72. The first-order valence-corrected chi connectivity index (χ1v) is 7.80. The molecule has 2 aromatic carbocycles. The van der Waals surface area contributed by atoms with Crippen LogP contribution in [0.5, 0.6) is 0 Å². The minimum absolute atomic E-state index is 0.268. The molecule has 0 bridgehead atoms. The molecule has 3 rings (SSSR count). The maximum Gasteiger partial charge on any atom is 0.126 e. The van der Waals surface area contributed by atoms with Crippen molar-refractivity contribution >= 4 is 11.6 Å². The van der Waals surface area contributed by atoms with E-state index in [1.54, 1.807) is 24.3 Å². The van der Waals surface area contributed by atoms with Crippen molar-refractivity contribution in [1.29, 1.82) is 0 Å². The van der Waals surface area contributed by atoms with Crippen molar-refractivity contribution in [2.24, 2.45) is 0 Å². The maximum absolute atomic E-state index is 14.3. The normalized spacial score (nSPS) is 26.1. The molecule has 1 aliphatic rings. The zero-order chi connectivity index (χ0) is 15.7. The van der Waals surface area contributed by atoms with E-state index in [-0.39, 0.29) is 11.7 Å². The van der Waals surface area contributed by atoms with Crippen LogP contribution in [0.4, 0.5) is 4.39 Å². The quantitative estimate of drug-likeness (QED) is 0.910. The standard InChI is InChI=1S/C18H19ClFNO/c1-21-11-10-18(22,13-6-8-14(19)9-7-13)16(12-21)15-4-2-3-5-17(15)20/h2-9,16,22H,10-12H2,1H3/t16-,18+/m1/s1. The van der Waals surface area contributed by atoms with Crippen LogP contribution in [0.2, 0.25) is 5.02 Å². The van der Waals surface area contributed by atoms with E-state index in [4.69, 9.17) is 11.6 Å². The van der Waals surface area contributed by atoms with Crippen LogP contribution >= 0.6 is 11.6 Å². The molecule has 1 aliphatic heterocycles. The second-order valence-corrected chi connectivity index (χ2v) is 6.45. The number of likely N-dealkylation sites (tertiary alicyclic amines) is 1. The van der Waals surface area contributed by atoms with Gasteiger partial charge in [0, 0.05) is 24.0 Å². The predicted molar refractivity (Wildman–Crippen MR) is 86.6 cm³/mol. The maximum atomic E-state index is 14.3. The molecular formula is C18H19ClFNO. The topological polar surface area (TPSA) is 23.5 Å². The van der Waals surface area contributed by atoms with Crippen LogP contribution in [0, 0.1) is 5.82 Å². The lowest BCUT2D eigenvalue weighted by Gasteiger charge is -2.44. The van der Waals surface area contributed by atoms with Crippen molar-refractivity contribution in [3.8, 4) is 0 Å².